The second-order valence-corrected chi connectivity index (χ2v) is 5.17. The zero-order valence-corrected chi connectivity index (χ0v) is 11.8. The molecule has 1 amide bonds. The highest BCUT2D eigenvalue weighted by Gasteiger charge is 2.31. The fraction of sp³-hybridized carbons (Fsp3) is 0.333. The SMILES string of the molecule is O=C(c1ccc2c(c1)OCO2)N1CCOCC1c1ccn[nH]1. The molecule has 1 aromatic carbocycles. The van der Waals surface area contributed by atoms with Crippen LogP contribution in [0.2, 0.25) is 0 Å². The lowest BCUT2D eigenvalue weighted by Crippen LogP contribution is -2.43. The quantitative estimate of drug-likeness (QED) is 0.906. The van der Waals surface area contributed by atoms with Crippen molar-refractivity contribution in [2.75, 3.05) is 26.6 Å². The number of H-pyrrole nitrogens is 1. The van der Waals surface area contributed by atoms with E-state index < -0.39 is 0 Å². The van der Waals surface area contributed by atoms with Crippen LogP contribution < -0.4 is 9.47 Å². The summed E-state index contributed by atoms with van der Waals surface area (Å²) in [6.45, 7) is 1.72. The van der Waals surface area contributed by atoms with Gasteiger partial charge in [-0.25, -0.2) is 0 Å². The van der Waals surface area contributed by atoms with Crippen molar-refractivity contribution in [2.24, 2.45) is 0 Å². The first-order valence-corrected chi connectivity index (χ1v) is 7.10. The van der Waals surface area contributed by atoms with Crippen LogP contribution in [-0.2, 0) is 4.74 Å². The lowest BCUT2D eigenvalue weighted by molar-refractivity contribution is -0.00392. The number of rotatable bonds is 2. The number of ether oxygens (including phenoxy) is 3. The van der Waals surface area contributed by atoms with Crippen molar-refractivity contribution in [3.05, 3.63) is 41.7 Å². The molecule has 1 fully saturated rings. The molecule has 7 nitrogen and oxygen atoms in total. The second kappa shape index (κ2) is 5.34. The number of fused-ring (bicyclic) bond motifs is 1. The van der Waals surface area contributed by atoms with Crippen molar-refractivity contribution in [2.45, 2.75) is 6.04 Å². The van der Waals surface area contributed by atoms with Crippen LogP contribution in [0, 0.1) is 0 Å². The lowest BCUT2D eigenvalue weighted by atomic mass is 10.1. The minimum atomic E-state index is -0.158. The molecule has 1 atom stereocenters. The number of carbonyl (C=O) groups excluding carboxylic acids is 1. The summed E-state index contributed by atoms with van der Waals surface area (Å²) in [5, 5.41) is 6.87. The van der Waals surface area contributed by atoms with E-state index in [2.05, 4.69) is 10.2 Å². The highest BCUT2D eigenvalue weighted by Crippen LogP contribution is 2.33. The van der Waals surface area contributed by atoms with E-state index >= 15 is 0 Å². The van der Waals surface area contributed by atoms with Crippen molar-refractivity contribution >= 4 is 5.91 Å². The van der Waals surface area contributed by atoms with Crippen LogP contribution in [0.25, 0.3) is 0 Å². The molecular formula is C15H15N3O4. The van der Waals surface area contributed by atoms with Crippen LogP contribution in [0.3, 0.4) is 0 Å². The Morgan fingerprint density at radius 3 is 3.05 bits per heavy atom. The average Bonchev–Trinajstić information content (AvgIpc) is 3.24. The van der Waals surface area contributed by atoms with Gasteiger partial charge < -0.3 is 19.1 Å². The maximum absolute atomic E-state index is 12.8. The Bertz CT molecular complexity index is 686. The third-order valence-electron chi connectivity index (χ3n) is 3.89. The van der Waals surface area contributed by atoms with Gasteiger partial charge in [0.05, 0.1) is 24.9 Å². The molecule has 2 aromatic rings. The van der Waals surface area contributed by atoms with Gasteiger partial charge in [-0.15, -0.1) is 0 Å². The third kappa shape index (κ3) is 2.19. The van der Waals surface area contributed by atoms with Gasteiger partial charge in [-0.2, -0.15) is 5.10 Å². The van der Waals surface area contributed by atoms with Crippen molar-refractivity contribution in [3.63, 3.8) is 0 Å². The van der Waals surface area contributed by atoms with Crippen LogP contribution in [-0.4, -0.2) is 47.6 Å². The molecular weight excluding hydrogens is 286 g/mol. The van der Waals surface area contributed by atoms with E-state index in [1.807, 2.05) is 6.07 Å². The monoisotopic (exact) mass is 301 g/mol. The van der Waals surface area contributed by atoms with Gasteiger partial charge in [-0.05, 0) is 24.3 Å². The predicted molar refractivity (Wildman–Crippen MR) is 75.7 cm³/mol. The first kappa shape index (κ1) is 13.1. The minimum absolute atomic E-state index is 0.0544. The Labute approximate surface area is 126 Å². The van der Waals surface area contributed by atoms with Crippen LogP contribution in [0.5, 0.6) is 11.5 Å². The molecule has 1 N–H and O–H groups in total. The zero-order chi connectivity index (χ0) is 14.9. The number of carbonyl (C=O) groups is 1. The number of hydrogen-bond acceptors (Lipinski definition) is 5. The van der Waals surface area contributed by atoms with Gasteiger partial charge in [-0.1, -0.05) is 0 Å². The zero-order valence-electron chi connectivity index (χ0n) is 11.8. The van der Waals surface area contributed by atoms with E-state index in [9.17, 15) is 4.79 Å². The molecule has 3 heterocycles. The van der Waals surface area contributed by atoms with E-state index in [1.54, 1.807) is 29.3 Å². The predicted octanol–water partition coefficient (Wildman–Crippen LogP) is 1.35. The van der Waals surface area contributed by atoms with Crippen LogP contribution >= 0.6 is 0 Å². The Morgan fingerprint density at radius 2 is 2.18 bits per heavy atom. The first-order chi connectivity index (χ1) is 10.8. The fourth-order valence-electron chi connectivity index (χ4n) is 2.75. The highest BCUT2D eigenvalue weighted by atomic mass is 16.7. The van der Waals surface area contributed by atoms with Crippen molar-refractivity contribution < 1.29 is 19.0 Å². The third-order valence-corrected chi connectivity index (χ3v) is 3.89. The Kier molecular flexibility index (Phi) is 3.19. The van der Waals surface area contributed by atoms with Gasteiger partial charge >= 0.3 is 0 Å². The molecule has 114 valence electrons. The topological polar surface area (TPSA) is 76.7 Å². The maximum atomic E-state index is 12.8. The van der Waals surface area contributed by atoms with Crippen LogP contribution in [0.15, 0.2) is 30.5 Å². The molecule has 7 heteroatoms. The Hall–Kier alpha value is -2.54. The summed E-state index contributed by atoms with van der Waals surface area (Å²) in [6.07, 6.45) is 1.67. The van der Waals surface area contributed by atoms with Gasteiger partial charge in [0.2, 0.25) is 6.79 Å². The molecule has 0 bridgehead atoms. The molecule has 4 rings (SSSR count). The molecule has 22 heavy (non-hydrogen) atoms. The van der Waals surface area contributed by atoms with Gasteiger partial charge in [0.25, 0.3) is 5.91 Å². The summed E-state index contributed by atoms with van der Waals surface area (Å²) >= 11 is 0. The number of nitrogens with zero attached hydrogens (tertiary/aromatic N) is 2. The molecule has 1 aromatic heterocycles. The number of amides is 1. The first-order valence-electron chi connectivity index (χ1n) is 7.10. The standard InChI is InChI=1S/C15H15N3O4/c19-15(10-1-2-13-14(7-10)22-9-21-13)18-5-6-20-8-12(18)11-3-4-16-17-11/h1-4,7,12H,5-6,8-9H2,(H,16,17). The van der Waals surface area contributed by atoms with Crippen LogP contribution in [0.1, 0.15) is 22.1 Å². The normalized spacial score (nSPS) is 20.2. The van der Waals surface area contributed by atoms with Gasteiger partial charge in [-0.3, -0.25) is 9.89 Å². The number of nitrogens with one attached hydrogen (secondary N) is 1. The van der Waals surface area contributed by atoms with Crippen LogP contribution in [0.4, 0.5) is 0 Å². The number of aromatic nitrogens is 2. The number of morpholine rings is 1. The van der Waals surface area contributed by atoms with E-state index in [1.165, 1.54) is 0 Å². The summed E-state index contributed by atoms with van der Waals surface area (Å²) in [6, 6.07) is 6.95. The molecule has 0 saturated carbocycles. The second-order valence-electron chi connectivity index (χ2n) is 5.17. The number of hydrogen-bond donors (Lipinski definition) is 1. The molecule has 1 unspecified atom stereocenters. The molecule has 0 radical (unpaired) electrons. The lowest BCUT2D eigenvalue weighted by Gasteiger charge is -2.35. The summed E-state index contributed by atoms with van der Waals surface area (Å²) in [4.78, 5) is 14.6. The summed E-state index contributed by atoms with van der Waals surface area (Å²) in [7, 11) is 0. The molecule has 2 aliphatic heterocycles. The minimum Gasteiger partial charge on any atom is -0.454 e. The molecule has 1 saturated heterocycles. The van der Waals surface area contributed by atoms with Crippen molar-refractivity contribution in [1.29, 1.82) is 0 Å². The van der Waals surface area contributed by atoms with Gasteiger partial charge in [0.1, 0.15) is 0 Å². The summed E-state index contributed by atoms with van der Waals surface area (Å²) < 4.78 is 16.1. The largest absolute Gasteiger partial charge is 0.454 e. The van der Waals surface area contributed by atoms with E-state index in [-0.39, 0.29) is 18.7 Å². The van der Waals surface area contributed by atoms with Crippen molar-refractivity contribution in [3.8, 4) is 11.5 Å². The summed E-state index contributed by atoms with van der Waals surface area (Å²) in [5.74, 6) is 1.22. The van der Waals surface area contributed by atoms with E-state index in [4.69, 9.17) is 14.2 Å². The fourth-order valence-corrected chi connectivity index (χ4v) is 2.75. The van der Waals surface area contributed by atoms with E-state index in [0.717, 1.165) is 5.69 Å². The maximum Gasteiger partial charge on any atom is 0.254 e. The molecule has 0 spiro atoms. The Balaban J connectivity index is 1.62. The summed E-state index contributed by atoms with van der Waals surface area (Å²) in [5.41, 5.74) is 1.45. The van der Waals surface area contributed by atoms with E-state index in [0.29, 0.717) is 36.8 Å². The number of aromatic amines is 1. The Morgan fingerprint density at radius 1 is 1.27 bits per heavy atom. The average molecular weight is 301 g/mol. The van der Waals surface area contributed by atoms with Crippen molar-refractivity contribution in [1.82, 2.24) is 15.1 Å². The van der Waals surface area contributed by atoms with Gasteiger partial charge in [0, 0.05) is 18.3 Å². The molecule has 2 aliphatic rings. The number of benzene rings is 1. The highest BCUT2D eigenvalue weighted by molar-refractivity contribution is 5.95. The van der Waals surface area contributed by atoms with Gasteiger partial charge in [0.15, 0.2) is 11.5 Å². The molecule has 0 aliphatic carbocycles. The smallest absolute Gasteiger partial charge is 0.254 e.